The molecule has 132 valence electrons. The minimum absolute atomic E-state index is 0.0737. The molecular weight excluding hydrogens is 328 g/mol. The van der Waals surface area contributed by atoms with Crippen molar-refractivity contribution in [3.05, 3.63) is 71.8 Å². The van der Waals surface area contributed by atoms with Crippen LogP contribution in [-0.2, 0) is 13.0 Å². The van der Waals surface area contributed by atoms with Crippen molar-refractivity contribution in [3.8, 4) is 11.5 Å². The Kier molecular flexibility index (Phi) is 4.39. The van der Waals surface area contributed by atoms with Gasteiger partial charge in [-0.1, -0.05) is 18.2 Å². The van der Waals surface area contributed by atoms with Crippen molar-refractivity contribution in [1.29, 1.82) is 0 Å². The summed E-state index contributed by atoms with van der Waals surface area (Å²) in [4.78, 5) is 12.5. The highest BCUT2D eigenvalue weighted by Gasteiger charge is 2.23. The molecule has 1 aliphatic heterocycles. The monoisotopic (exact) mass is 348 g/mol. The summed E-state index contributed by atoms with van der Waals surface area (Å²) < 4.78 is 7.83. The van der Waals surface area contributed by atoms with Gasteiger partial charge >= 0.3 is 0 Å². The van der Waals surface area contributed by atoms with E-state index in [-0.39, 0.29) is 11.9 Å². The molecule has 26 heavy (non-hydrogen) atoms. The standard InChI is InChI=1S/C20H20N4O2/c1-14-22-23-19-12-9-16(13-24(14)19)21-20(25)15-7-10-18(11-8-15)26-17-5-3-2-4-6-17/h2-8,10-11,16H,9,12-13H2,1H3,(H,21,25)/t16-/m0/s1. The average Bonchev–Trinajstić information content (AvgIpc) is 3.04. The predicted molar refractivity (Wildman–Crippen MR) is 97.3 cm³/mol. The SMILES string of the molecule is Cc1nnc2n1C[C@@H](NC(=O)c1ccc(Oc3ccccc3)cc1)CC2. The van der Waals surface area contributed by atoms with Gasteiger partial charge in [0, 0.05) is 24.6 Å². The number of para-hydroxylation sites is 1. The molecule has 0 bridgehead atoms. The molecule has 6 nitrogen and oxygen atoms in total. The molecule has 0 saturated carbocycles. The lowest BCUT2D eigenvalue weighted by molar-refractivity contribution is 0.0927. The molecule has 0 radical (unpaired) electrons. The Morgan fingerprint density at radius 2 is 1.81 bits per heavy atom. The first-order chi connectivity index (χ1) is 12.7. The molecule has 0 aliphatic carbocycles. The number of rotatable bonds is 4. The van der Waals surface area contributed by atoms with E-state index in [1.165, 1.54) is 0 Å². The van der Waals surface area contributed by atoms with Crippen molar-refractivity contribution in [3.63, 3.8) is 0 Å². The summed E-state index contributed by atoms with van der Waals surface area (Å²) in [6.45, 7) is 2.65. The summed E-state index contributed by atoms with van der Waals surface area (Å²) in [6, 6.07) is 16.8. The van der Waals surface area contributed by atoms with E-state index in [2.05, 4.69) is 20.1 Å². The third kappa shape index (κ3) is 3.44. The fourth-order valence-corrected chi connectivity index (χ4v) is 3.15. The fraction of sp³-hybridized carbons (Fsp3) is 0.250. The molecule has 1 N–H and O–H groups in total. The third-order valence-corrected chi connectivity index (χ3v) is 4.56. The highest BCUT2D eigenvalue weighted by Crippen LogP contribution is 2.21. The number of aryl methyl sites for hydroxylation is 2. The van der Waals surface area contributed by atoms with Crippen LogP contribution in [0.1, 0.15) is 28.4 Å². The molecule has 4 rings (SSSR count). The van der Waals surface area contributed by atoms with Gasteiger partial charge in [0.25, 0.3) is 5.91 Å². The molecule has 2 aromatic carbocycles. The molecule has 6 heteroatoms. The van der Waals surface area contributed by atoms with Crippen LogP contribution in [0.2, 0.25) is 0 Å². The van der Waals surface area contributed by atoms with Crippen molar-refractivity contribution in [2.45, 2.75) is 32.4 Å². The zero-order valence-electron chi connectivity index (χ0n) is 14.6. The first kappa shape index (κ1) is 16.3. The number of benzene rings is 2. The van der Waals surface area contributed by atoms with Crippen LogP contribution in [0, 0.1) is 6.92 Å². The zero-order chi connectivity index (χ0) is 17.9. The highest BCUT2D eigenvalue weighted by molar-refractivity contribution is 5.94. The molecule has 1 aromatic heterocycles. The molecule has 0 saturated heterocycles. The normalized spacial score (nSPS) is 16.0. The van der Waals surface area contributed by atoms with E-state index in [9.17, 15) is 4.79 Å². The van der Waals surface area contributed by atoms with Crippen LogP contribution < -0.4 is 10.1 Å². The van der Waals surface area contributed by atoms with Crippen LogP contribution in [0.25, 0.3) is 0 Å². The van der Waals surface area contributed by atoms with E-state index in [1.54, 1.807) is 12.1 Å². The predicted octanol–water partition coefficient (Wildman–Crippen LogP) is 3.12. The summed E-state index contributed by atoms with van der Waals surface area (Å²) in [6.07, 6.45) is 1.70. The van der Waals surface area contributed by atoms with Gasteiger partial charge in [0.1, 0.15) is 23.1 Å². The van der Waals surface area contributed by atoms with E-state index in [1.807, 2.05) is 49.4 Å². The maximum absolute atomic E-state index is 12.5. The molecule has 3 aromatic rings. The molecule has 0 spiro atoms. The Bertz CT molecular complexity index is 903. The number of hydrogen-bond acceptors (Lipinski definition) is 4. The summed E-state index contributed by atoms with van der Waals surface area (Å²) in [7, 11) is 0. The molecule has 0 unspecified atom stereocenters. The van der Waals surface area contributed by atoms with Gasteiger partial charge in [0.05, 0.1) is 0 Å². The second kappa shape index (κ2) is 7.00. The quantitative estimate of drug-likeness (QED) is 0.786. The summed E-state index contributed by atoms with van der Waals surface area (Å²) in [5, 5.41) is 11.4. The maximum atomic E-state index is 12.5. The van der Waals surface area contributed by atoms with Gasteiger partial charge in [0.2, 0.25) is 0 Å². The maximum Gasteiger partial charge on any atom is 0.251 e. The van der Waals surface area contributed by atoms with Crippen molar-refractivity contribution < 1.29 is 9.53 Å². The molecule has 1 amide bonds. The number of carbonyl (C=O) groups excluding carboxylic acids is 1. The lowest BCUT2D eigenvalue weighted by atomic mass is 10.1. The fourth-order valence-electron chi connectivity index (χ4n) is 3.15. The first-order valence-electron chi connectivity index (χ1n) is 8.71. The van der Waals surface area contributed by atoms with Gasteiger partial charge in [0.15, 0.2) is 0 Å². The number of ether oxygens (including phenoxy) is 1. The Morgan fingerprint density at radius 1 is 1.08 bits per heavy atom. The smallest absolute Gasteiger partial charge is 0.251 e. The van der Waals surface area contributed by atoms with Crippen LogP contribution in [0.3, 0.4) is 0 Å². The van der Waals surface area contributed by atoms with Crippen molar-refractivity contribution in [1.82, 2.24) is 20.1 Å². The zero-order valence-corrected chi connectivity index (χ0v) is 14.6. The Hall–Kier alpha value is -3.15. The van der Waals surface area contributed by atoms with E-state index in [0.29, 0.717) is 11.3 Å². The Balaban J connectivity index is 1.39. The molecule has 2 heterocycles. The summed E-state index contributed by atoms with van der Waals surface area (Å²) in [5.41, 5.74) is 0.622. The number of nitrogens with one attached hydrogen (secondary N) is 1. The molecule has 1 atom stereocenters. The number of fused-ring (bicyclic) bond motifs is 1. The minimum atomic E-state index is -0.0737. The second-order valence-electron chi connectivity index (χ2n) is 6.42. The van der Waals surface area contributed by atoms with E-state index in [4.69, 9.17) is 4.74 Å². The van der Waals surface area contributed by atoms with E-state index >= 15 is 0 Å². The average molecular weight is 348 g/mol. The van der Waals surface area contributed by atoms with Crippen LogP contribution in [-0.4, -0.2) is 26.7 Å². The highest BCUT2D eigenvalue weighted by atomic mass is 16.5. The second-order valence-corrected chi connectivity index (χ2v) is 6.42. The number of hydrogen-bond donors (Lipinski definition) is 1. The number of aromatic nitrogens is 3. The number of nitrogens with zero attached hydrogens (tertiary/aromatic N) is 3. The number of amides is 1. The molecule has 0 fully saturated rings. The van der Waals surface area contributed by atoms with Gasteiger partial charge in [-0.15, -0.1) is 10.2 Å². The largest absolute Gasteiger partial charge is 0.457 e. The topological polar surface area (TPSA) is 69.0 Å². The molecular formula is C20H20N4O2. The van der Waals surface area contributed by atoms with Gasteiger partial charge in [-0.2, -0.15) is 0 Å². The lowest BCUT2D eigenvalue weighted by Crippen LogP contribution is -2.41. The minimum Gasteiger partial charge on any atom is -0.457 e. The summed E-state index contributed by atoms with van der Waals surface area (Å²) in [5.74, 6) is 3.29. The van der Waals surface area contributed by atoms with Crippen molar-refractivity contribution in [2.24, 2.45) is 0 Å². The van der Waals surface area contributed by atoms with Crippen LogP contribution in [0.4, 0.5) is 0 Å². The van der Waals surface area contributed by atoms with Crippen LogP contribution in [0.5, 0.6) is 11.5 Å². The molecule has 1 aliphatic rings. The number of carbonyl (C=O) groups is 1. The van der Waals surface area contributed by atoms with Crippen LogP contribution in [0.15, 0.2) is 54.6 Å². The lowest BCUT2D eigenvalue weighted by Gasteiger charge is -2.25. The third-order valence-electron chi connectivity index (χ3n) is 4.56. The van der Waals surface area contributed by atoms with E-state index < -0.39 is 0 Å². The van der Waals surface area contributed by atoms with Crippen LogP contribution >= 0.6 is 0 Å². The van der Waals surface area contributed by atoms with E-state index in [0.717, 1.165) is 36.8 Å². The Morgan fingerprint density at radius 3 is 2.58 bits per heavy atom. The van der Waals surface area contributed by atoms with Gasteiger partial charge in [-0.25, -0.2) is 0 Å². The van der Waals surface area contributed by atoms with Gasteiger partial charge in [-0.3, -0.25) is 4.79 Å². The van der Waals surface area contributed by atoms with Crippen molar-refractivity contribution >= 4 is 5.91 Å². The Labute approximate surface area is 151 Å². The van der Waals surface area contributed by atoms with Gasteiger partial charge in [-0.05, 0) is 49.7 Å². The van der Waals surface area contributed by atoms with Gasteiger partial charge < -0.3 is 14.6 Å². The summed E-state index contributed by atoms with van der Waals surface area (Å²) >= 11 is 0. The van der Waals surface area contributed by atoms with Crippen molar-refractivity contribution in [2.75, 3.05) is 0 Å². The first-order valence-corrected chi connectivity index (χ1v) is 8.71.